The van der Waals surface area contributed by atoms with Crippen LogP contribution in [0.3, 0.4) is 0 Å². The van der Waals surface area contributed by atoms with Crippen LogP contribution in [-0.4, -0.2) is 44.0 Å². The first-order valence-corrected chi connectivity index (χ1v) is 9.89. The van der Waals surface area contributed by atoms with Gasteiger partial charge < -0.3 is 14.0 Å². The number of hydrogen-bond acceptors (Lipinski definition) is 6. The Morgan fingerprint density at radius 2 is 1.89 bits per heavy atom. The Morgan fingerprint density at radius 1 is 1.15 bits per heavy atom. The number of aromatic nitrogens is 3. The summed E-state index contributed by atoms with van der Waals surface area (Å²) in [5.74, 6) is 1.25. The quantitative estimate of drug-likeness (QED) is 0.633. The third-order valence-electron chi connectivity index (χ3n) is 4.23. The fourth-order valence-corrected chi connectivity index (χ4v) is 4.05. The van der Waals surface area contributed by atoms with E-state index in [4.69, 9.17) is 9.47 Å². The standard InChI is InChI=1S/C18H22N4O4S/c1-13(18-20-19-12-22(18)8-9-25-2)21-27(23,24)17-7-5-14-10-16(26-3)6-4-15(14)11-17/h4-7,10-13,21H,8-9H2,1-3H3/t13-/m0/s1. The number of methoxy groups -OCH3 is 2. The molecule has 8 nitrogen and oxygen atoms in total. The number of hydrogen-bond donors (Lipinski definition) is 1. The van der Waals surface area contributed by atoms with Gasteiger partial charge in [-0.3, -0.25) is 0 Å². The predicted molar refractivity (Wildman–Crippen MR) is 101 cm³/mol. The van der Waals surface area contributed by atoms with Crippen LogP contribution in [0.15, 0.2) is 47.6 Å². The molecule has 1 aromatic heterocycles. The lowest BCUT2D eigenvalue weighted by molar-refractivity contribution is 0.185. The summed E-state index contributed by atoms with van der Waals surface area (Å²) in [4.78, 5) is 0.190. The van der Waals surface area contributed by atoms with Gasteiger partial charge in [-0.25, -0.2) is 13.1 Å². The highest BCUT2D eigenvalue weighted by atomic mass is 32.2. The summed E-state index contributed by atoms with van der Waals surface area (Å²) >= 11 is 0. The molecule has 1 N–H and O–H groups in total. The van der Waals surface area contributed by atoms with Crippen molar-refractivity contribution in [2.45, 2.75) is 24.4 Å². The van der Waals surface area contributed by atoms with Crippen molar-refractivity contribution in [3.8, 4) is 5.75 Å². The molecule has 0 aliphatic heterocycles. The van der Waals surface area contributed by atoms with Crippen molar-refractivity contribution in [1.82, 2.24) is 19.5 Å². The Morgan fingerprint density at radius 3 is 2.63 bits per heavy atom. The van der Waals surface area contributed by atoms with Gasteiger partial charge in [0.05, 0.1) is 24.7 Å². The molecule has 0 saturated carbocycles. The van der Waals surface area contributed by atoms with Gasteiger partial charge in [0.2, 0.25) is 10.0 Å². The van der Waals surface area contributed by atoms with Crippen molar-refractivity contribution in [1.29, 1.82) is 0 Å². The molecule has 0 spiro atoms. The number of rotatable bonds is 8. The number of fused-ring (bicyclic) bond motifs is 1. The van der Waals surface area contributed by atoms with E-state index < -0.39 is 16.1 Å². The molecule has 1 heterocycles. The zero-order chi connectivity index (χ0) is 19.4. The summed E-state index contributed by atoms with van der Waals surface area (Å²) < 4.78 is 40.3. The summed E-state index contributed by atoms with van der Waals surface area (Å²) in [6.45, 7) is 2.76. The van der Waals surface area contributed by atoms with Crippen LogP contribution in [0.4, 0.5) is 0 Å². The normalized spacial score (nSPS) is 13.0. The van der Waals surface area contributed by atoms with Gasteiger partial charge in [0.15, 0.2) is 5.82 Å². The second-order valence-electron chi connectivity index (χ2n) is 6.09. The molecule has 0 bridgehead atoms. The van der Waals surface area contributed by atoms with Crippen molar-refractivity contribution >= 4 is 20.8 Å². The van der Waals surface area contributed by atoms with E-state index in [2.05, 4.69) is 14.9 Å². The number of benzene rings is 2. The van der Waals surface area contributed by atoms with E-state index in [9.17, 15) is 8.42 Å². The fourth-order valence-electron chi connectivity index (χ4n) is 2.81. The number of nitrogens with one attached hydrogen (secondary N) is 1. The minimum atomic E-state index is -3.72. The lowest BCUT2D eigenvalue weighted by Crippen LogP contribution is -2.29. The average Bonchev–Trinajstić information content (AvgIpc) is 3.13. The first-order chi connectivity index (χ1) is 12.9. The van der Waals surface area contributed by atoms with Crippen LogP contribution in [0.5, 0.6) is 5.75 Å². The first-order valence-electron chi connectivity index (χ1n) is 8.41. The van der Waals surface area contributed by atoms with Gasteiger partial charge in [-0.05, 0) is 42.0 Å². The second-order valence-corrected chi connectivity index (χ2v) is 7.81. The maximum absolute atomic E-state index is 12.8. The molecule has 9 heteroatoms. The highest BCUT2D eigenvalue weighted by Crippen LogP contribution is 2.24. The van der Waals surface area contributed by atoms with Crippen molar-refractivity contribution in [3.63, 3.8) is 0 Å². The molecule has 0 unspecified atom stereocenters. The highest BCUT2D eigenvalue weighted by molar-refractivity contribution is 7.89. The zero-order valence-corrected chi connectivity index (χ0v) is 16.2. The van der Waals surface area contributed by atoms with E-state index in [0.717, 1.165) is 16.5 Å². The lowest BCUT2D eigenvalue weighted by atomic mass is 10.1. The summed E-state index contributed by atoms with van der Waals surface area (Å²) in [7, 11) is -0.527. The van der Waals surface area contributed by atoms with Crippen molar-refractivity contribution in [3.05, 3.63) is 48.5 Å². The van der Waals surface area contributed by atoms with Crippen LogP contribution in [0.1, 0.15) is 18.8 Å². The molecule has 0 saturated heterocycles. The predicted octanol–water partition coefficient (Wildman–Crippen LogP) is 2.13. The minimum Gasteiger partial charge on any atom is -0.497 e. The van der Waals surface area contributed by atoms with Crippen LogP contribution < -0.4 is 9.46 Å². The lowest BCUT2D eigenvalue weighted by Gasteiger charge is -2.15. The second kappa shape index (κ2) is 8.03. The van der Waals surface area contributed by atoms with Crippen molar-refractivity contribution < 1.29 is 17.9 Å². The largest absolute Gasteiger partial charge is 0.497 e. The molecule has 0 radical (unpaired) electrons. The molecule has 144 valence electrons. The Labute approximate surface area is 158 Å². The summed E-state index contributed by atoms with van der Waals surface area (Å²) in [6.07, 6.45) is 1.56. The maximum atomic E-state index is 12.8. The zero-order valence-electron chi connectivity index (χ0n) is 15.4. The van der Waals surface area contributed by atoms with Gasteiger partial charge in [0, 0.05) is 13.7 Å². The summed E-state index contributed by atoms with van der Waals surface area (Å²) in [5, 5.41) is 9.62. The first kappa shape index (κ1) is 19.3. The van der Waals surface area contributed by atoms with Gasteiger partial charge in [-0.15, -0.1) is 10.2 Å². The fraction of sp³-hybridized carbons (Fsp3) is 0.333. The smallest absolute Gasteiger partial charge is 0.241 e. The summed E-state index contributed by atoms with van der Waals surface area (Å²) in [5.41, 5.74) is 0. The SMILES string of the molecule is COCCn1cnnc1[C@H](C)NS(=O)(=O)c1ccc2cc(OC)ccc2c1. The van der Waals surface area contributed by atoms with Gasteiger partial charge in [-0.2, -0.15) is 0 Å². The molecule has 3 aromatic rings. The van der Waals surface area contributed by atoms with Crippen LogP contribution in [0.2, 0.25) is 0 Å². The molecule has 2 aromatic carbocycles. The molecule has 0 aliphatic carbocycles. The van der Waals surface area contributed by atoms with Crippen LogP contribution in [0.25, 0.3) is 10.8 Å². The van der Waals surface area contributed by atoms with E-state index in [1.807, 2.05) is 12.1 Å². The summed E-state index contributed by atoms with van der Waals surface area (Å²) in [6, 6.07) is 9.93. The molecular formula is C18H22N4O4S. The number of ether oxygens (including phenoxy) is 2. The third kappa shape index (κ3) is 4.26. The molecule has 27 heavy (non-hydrogen) atoms. The number of sulfonamides is 1. The Kier molecular flexibility index (Phi) is 5.73. The van der Waals surface area contributed by atoms with Crippen LogP contribution in [-0.2, 0) is 21.3 Å². The van der Waals surface area contributed by atoms with Crippen LogP contribution >= 0.6 is 0 Å². The average molecular weight is 390 g/mol. The molecular weight excluding hydrogens is 368 g/mol. The van der Waals surface area contributed by atoms with Gasteiger partial charge in [0.25, 0.3) is 0 Å². The van der Waals surface area contributed by atoms with Gasteiger partial charge in [-0.1, -0.05) is 12.1 Å². The molecule has 0 amide bonds. The topological polar surface area (TPSA) is 95.3 Å². The van der Waals surface area contributed by atoms with E-state index >= 15 is 0 Å². The van der Waals surface area contributed by atoms with E-state index in [1.165, 1.54) is 0 Å². The highest BCUT2D eigenvalue weighted by Gasteiger charge is 2.22. The molecule has 1 atom stereocenters. The van der Waals surface area contributed by atoms with Crippen LogP contribution in [0, 0.1) is 0 Å². The number of nitrogens with zero attached hydrogens (tertiary/aromatic N) is 3. The third-order valence-corrected chi connectivity index (χ3v) is 5.77. The van der Waals surface area contributed by atoms with Crippen molar-refractivity contribution in [2.24, 2.45) is 0 Å². The molecule has 3 rings (SSSR count). The molecule has 0 fully saturated rings. The Bertz CT molecular complexity index is 1030. The maximum Gasteiger partial charge on any atom is 0.241 e. The van der Waals surface area contributed by atoms with Crippen molar-refractivity contribution in [2.75, 3.05) is 20.8 Å². The monoisotopic (exact) mass is 390 g/mol. The Hall–Kier alpha value is -2.49. The van der Waals surface area contributed by atoms with E-state index in [0.29, 0.717) is 19.0 Å². The molecule has 0 aliphatic rings. The van der Waals surface area contributed by atoms with Gasteiger partial charge in [0.1, 0.15) is 12.1 Å². The Balaban J connectivity index is 1.84. The van der Waals surface area contributed by atoms with E-state index in [1.54, 1.807) is 56.3 Å². The van der Waals surface area contributed by atoms with E-state index in [-0.39, 0.29) is 4.90 Å². The minimum absolute atomic E-state index is 0.190. The van der Waals surface area contributed by atoms with Gasteiger partial charge >= 0.3 is 0 Å².